The second kappa shape index (κ2) is 6.90. The summed E-state index contributed by atoms with van der Waals surface area (Å²) < 4.78 is 43.6. The minimum absolute atomic E-state index is 0.0340. The molecule has 9 heteroatoms. The Morgan fingerprint density at radius 3 is 2.67 bits per heavy atom. The van der Waals surface area contributed by atoms with Gasteiger partial charge in [0.05, 0.1) is 6.54 Å². The molecule has 1 atom stereocenters. The largest absolute Gasteiger partial charge is 0.486 e. The first-order valence-corrected chi connectivity index (χ1v) is 10.2. The number of nitrogens with one attached hydrogen (secondary N) is 1. The van der Waals surface area contributed by atoms with Crippen LogP contribution in [0.4, 0.5) is 0 Å². The molecular formula is C18H20N2O6S. The van der Waals surface area contributed by atoms with Gasteiger partial charge < -0.3 is 18.8 Å². The number of amides is 1. The Labute approximate surface area is 157 Å². The summed E-state index contributed by atoms with van der Waals surface area (Å²) >= 11 is 0. The molecule has 1 aromatic heterocycles. The summed E-state index contributed by atoms with van der Waals surface area (Å²) in [6.45, 7) is 0.591. The number of likely N-dealkylation sites (N-methyl/N-ethyl adjacent to an activating group) is 1. The van der Waals surface area contributed by atoms with Gasteiger partial charge in [0, 0.05) is 13.1 Å². The van der Waals surface area contributed by atoms with E-state index in [2.05, 4.69) is 4.72 Å². The lowest BCUT2D eigenvalue weighted by molar-refractivity contribution is 0.0498. The molecule has 144 valence electrons. The normalized spacial score (nSPS) is 18.9. The SMILES string of the molecule is CN(CC1COc2ccccc2O1)C(=O)c1ccc(S(=O)(=O)NC2CC2)o1. The zero-order valence-corrected chi connectivity index (χ0v) is 15.6. The average Bonchev–Trinajstić information content (AvgIpc) is 3.30. The summed E-state index contributed by atoms with van der Waals surface area (Å²) in [5, 5.41) is -0.252. The number of carbonyl (C=O) groups is 1. The second-order valence-corrected chi connectivity index (χ2v) is 8.34. The van der Waals surface area contributed by atoms with Crippen LogP contribution in [-0.2, 0) is 10.0 Å². The molecule has 2 heterocycles. The first-order chi connectivity index (χ1) is 12.9. The molecule has 0 bridgehead atoms. The Bertz CT molecular complexity index is 950. The van der Waals surface area contributed by atoms with E-state index in [9.17, 15) is 13.2 Å². The maximum atomic E-state index is 12.6. The predicted molar refractivity (Wildman–Crippen MR) is 95.4 cm³/mol. The fraction of sp³-hybridized carbons (Fsp3) is 0.389. The van der Waals surface area contributed by atoms with Crippen molar-refractivity contribution in [3.05, 3.63) is 42.2 Å². The number of sulfonamides is 1. The van der Waals surface area contributed by atoms with Crippen LogP contribution in [0.1, 0.15) is 23.4 Å². The standard InChI is InChI=1S/C18H20N2O6S/c1-20(10-13-11-24-14-4-2-3-5-15(14)25-13)18(21)16-8-9-17(26-16)27(22,23)19-12-6-7-12/h2-5,8-9,12-13,19H,6-7,10-11H2,1H3. The summed E-state index contributed by atoms with van der Waals surface area (Å²) in [5.41, 5.74) is 0. The highest BCUT2D eigenvalue weighted by Gasteiger charge is 2.31. The quantitative estimate of drug-likeness (QED) is 0.802. The molecule has 0 spiro atoms. The Kier molecular flexibility index (Phi) is 4.56. The molecule has 1 aromatic carbocycles. The minimum atomic E-state index is -3.73. The number of fused-ring (bicyclic) bond motifs is 1. The molecule has 27 heavy (non-hydrogen) atoms. The Morgan fingerprint density at radius 2 is 1.93 bits per heavy atom. The number of ether oxygens (including phenoxy) is 2. The van der Waals surface area contributed by atoms with Crippen molar-refractivity contribution in [3.8, 4) is 11.5 Å². The van der Waals surface area contributed by atoms with Crippen LogP contribution in [0, 0.1) is 0 Å². The van der Waals surface area contributed by atoms with E-state index in [0.29, 0.717) is 18.1 Å². The van der Waals surface area contributed by atoms with E-state index in [1.807, 2.05) is 18.2 Å². The van der Waals surface area contributed by atoms with Crippen molar-refractivity contribution < 1.29 is 27.1 Å². The van der Waals surface area contributed by atoms with Crippen molar-refractivity contribution in [2.45, 2.75) is 30.1 Å². The number of para-hydroxylation sites is 2. The first kappa shape index (κ1) is 17.9. The number of carbonyl (C=O) groups excluding carboxylic acids is 1. The van der Waals surface area contributed by atoms with Crippen LogP contribution < -0.4 is 14.2 Å². The van der Waals surface area contributed by atoms with E-state index in [1.165, 1.54) is 17.0 Å². The Morgan fingerprint density at radius 1 is 1.19 bits per heavy atom. The van der Waals surface area contributed by atoms with Crippen molar-refractivity contribution in [2.75, 3.05) is 20.2 Å². The van der Waals surface area contributed by atoms with Crippen LogP contribution in [-0.4, -0.2) is 51.6 Å². The van der Waals surface area contributed by atoms with Crippen LogP contribution in [0.3, 0.4) is 0 Å². The third kappa shape index (κ3) is 3.93. The minimum Gasteiger partial charge on any atom is -0.486 e. The molecule has 1 fully saturated rings. The van der Waals surface area contributed by atoms with Crippen molar-refractivity contribution in [1.82, 2.24) is 9.62 Å². The van der Waals surface area contributed by atoms with Crippen LogP contribution in [0.15, 0.2) is 45.9 Å². The van der Waals surface area contributed by atoms with Crippen LogP contribution in [0.2, 0.25) is 0 Å². The summed E-state index contributed by atoms with van der Waals surface area (Å²) in [6.07, 6.45) is 1.31. The number of furan rings is 1. The van der Waals surface area contributed by atoms with Crippen molar-refractivity contribution >= 4 is 15.9 Å². The summed E-state index contributed by atoms with van der Waals surface area (Å²) in [5.74, 6) is 0.843. The summed E-state index contributed by atoms with van der Waals surface area (Å²) in [7, 11) is -2.13. The molecule has 8 nitrogen and oxygen atoms in total. The molecule has 1 aliphatic heterocycles. The van der Waals surface area contributed by atoms with Crippen LogP contribution >= 0.6 is 0 Å². The Hall–Kier alpha value is -2.52. The van der Waals surface area contributed by atoms with Gasteiger partial charge in [0.25, 0.3) is 15.9 Å². The third-order valence-corrected chi connectivity index (χ3v) is 5.74. The maximum Gasteiger partial charge on any atom is 0.289 e. The molecule has 2 aliphatic rings. The molecule has 2 aromatic rings. The van der Waals surface area contributed by atoms with Crippen LogP contribution in [0.5, 0.6) is 11.5 Å². The van der Waals surface area contributed by atoms with Gasteiger partial charge in [0.15, 0.2) is 23.4 Å². The molecule has 4 rings (SSSR count). The number of nitrogens with zero attached hydrogens (tertiary/aromatic N) is 1. The van der Waals surface area contributed by atoms with Gasteiger partial charge in [-0.05, 0) is 37.1 Å². The van der Waals surface area contributed by atoms with Gasteiger partial charge >= 0.3 is 0 Å². The zero-order chi connectivity index (χ0) is 19.0. The van der Waals surface area contributed by atoms with Gasteiger partial charge in [0.2, 0.25) is 5.09 Å². The van der Waals surface area contributed by atoms with Crippen molar-refractivity contribution in [2.24, 2.45) is 0 Å². The van der Waals surface area contributed by atoms with E-state index in [-0.39, 0.29) is 29.5 Å². The molecular weight excluding hydrogens is 372 g/mol. The van der Waals surface area contributed by atoms with Gasteiger partial charge in [-0.15, -0.1) is 0 Å². The molecule has 1 unspecified atom stereocenters. The molecule has 1 N–H and O–H groups in total. The predicted octanol–water partition coefficient (Wildman–Crippen LogP) is 1.63. The highest BCUT2D eigenvalue weighted by atomic mass is 32.2. The van der Waals surface area contributed by atoms with Gasteiger partial charge in [-0.1, -0.05) is 12.1 Å². The van der Waals surface area contributed by atoms with E-state index in [0.717, 1.165) is 12.8 Å². The van der Waals surface area contributed by atoms with E-state index >= 15 is 0 Å². The fourth-order valence-electron chi connectivity index (χ4n) is 2.79. The van der Waals surface area contributed by atoms with Gasteiger partial charge in [-0.25, -0.2) is 13.1 Å². The lowest BCUT2D eigenvalue weighted by Gasteiger charge is -2.29. The molecule has 0 saturated heterocycles. The van der Waals surface area contributed by atoms with Gasteiger partial charge in [-0.3, -0.25) is 4.79 Å². The lowest BCUT2D eigenvalue weighted by Crippen LogP contribution is -2.41. The third-order valence-electron chi connectivity index (χ3n) is 4.35. The number of hydrogen-bond donors (Lipinski definition) is 1. The smallest absolute Gasteiger partial charge is 0.289 e. The lowest BCUT2D eigenvalue weighted by atomic mass is 10.2. The molecule has 1 saturated carbocycles. The summed E-state index contributed by atoms with van der Waals surface area (Å²) in [6, 6.07) is 9.96. The number of rotatable bonds is 6. The molecule has 1 aliphatic carbocycles. The van der Waals surface area contributed by atoms with Gasteiger partial charge in [0.1, 0.15) is 6.61 Å². The van der Waals surface area contributed by atoms with E-state index in [4.69, 9.17) is 13.9 Å². The highest BCUT2D eigenvalue weighted by molar-refractivity contribution is 7.89. The molecule has 0 radical (unpaired) electrons. The number of benzene rings is 1. The monoisotopic (exact) mass is 392 g/mol. The first-order valence-electron chi connectivity index (χ1n) is 8.68. The maximum absolute atomic E-state index is 12.6. The average molecular weight is 392 g/mol. The Balaban J connectivity index is 1.39. The summed E-state index contributed by atoms with van der Waals surface area (Å²) in [4.78, 5) is 14.0. The topological polar surface area (TPSA) is 98.1 Å². The fourth-order valence-corrected chi connectivity index (χ4v) is 4.03. The second-order valence-electron chi connectivity index (χ2n) is 6.70. The van der Waals surface area contributed by atoms with E-state index in [1.54, 1.807) is 13.1 Å². The zero-order valence-electron chi connectivity index (χ0n) is 14.8. The molecule has 1 amide bonds. The van der Waals surface area contributed by atoms with Gasteiger partial charge in [-0.2, -0.15) is 0 Å². The van der Waals surface area contributed by atoms with Crippen LogP contribution in [0.25, 0.3) is 0 Å². The number of hydrogen-bond acceptors (Lipinski definition) is 6. The van der Waals surface area contributed by atoms with Crippen molar-refractivity contribution in [1.29, 1.82) is 0 Å². The highest BCUT2D eigenvalue weighted by Crippen LogP contribution is 2.31. The van der Waals surface area contributed by atoms with E-state index < -0.39 is 15.9 Å². The van der Waals surface area contributed by atoms with Crippen molar-refractivity contribution in [3.63, 3.8) is 0 Å².